The Morgan fingerprint density at radius 2 is 1.83 bits per heavy atom. The van der Waals surface area contributed by atoms with E-state index >= 15 is 0 Å². The summed E-state index contributed by atoms with van der Waals surface area (Å²) in [6.45, 7) is 0. The smallest absolute Gasteiger partial charge is 0.248 e. The Morgan fingerprint density at radius 1 is 0.943 bits per heavy atom. The van der Waals surface area contributed by atoms with Crippen molar-refractivity contribution in [1.29, 1.82) is 0 Å². The number of benzene rings is 1. The molecule has 0 radical (unpaired) electrons. The standard InChI is InChI=1S/C26H28N8O/c27-25-30-26(29-19-13-17-11-12-20(35)8-4-10-22(17)28-15-19)33-34(25)23-14-18-7-3-6-16-5-1-2-9-21(16)24(18)32-31-23/h1-2,5,9,13-15,20,35H,3-4,6-8,10-12H2,(H3,27,29,30,33). The van der Waals surface area contributed by atoms with Crippen molar-refractivity contribution in [3.63, 3.8) is 0 Å². The normalized spacial score (nSPS) is 17.3. The van der Waals surface area contributed by atoms with Gasteiger partial charge in [-0.1, -0.05) is 24.3 Å². The van der Waals surface area contributed by atoms with Crippen LogP contribution in [0.5, 0.6) is 0 Å². The Bertz CT molecular complexity index is 1380. The molecule has 9 nitrogen and oxygen atoms in total. The summed E-state index contributed by atoms with van der Waals surface area (Å²) in [6, 6.07) is 12.5. The third-order valence-electron chi connectivity index (χ3n) is 6.89. The van der Waals surface area contributed by atoms with Gasteiger partial charge in [0.2, 0.25) is 11.9 Å². The van der Waals surface area contributed by atoms with Crippen LogP contribution in [0, 0.1) is 0 Å². The molecule has 1 atom stereocenters. The number of nitrogens with two attached hydrogens (primary N) is 1. The summed E-state index contributed by atoms with van der Waals surface area (Å²) in [4.78, 5) is 9.03. The minimum absolute atomic E-state index is 0.234. The number of hydrogen-bond acceptors (Lipinski definition) is 8. The number of pyridine rings is 1. The fourth-order valence-electron chi connectivity index (χ4n) is 5.07. The molecule has 3 aromatic heterocycles. The van der Waals surface area contributed by atoms with Gasteiger partial charge in [-0.3, -0.25) is 4.98 Å². The van der Waals surface area contributed by atoms with Crippen LogP contribution in [0.15, 0.2) is 42.6 Å². The first kappa shape index (κ1) is 21.7. The van der Waals surface area contributed by atoms with Crippen molar-refractivity contribution in [3.05, 3.63) is 65.0 Å². The molecular formula is C26H28N8O. The molecule has 4 aromatic rings. The minimum Gasteiger partial charge on any atom is -0.393 e. The lowest BCUT2D eigenvalue weighted by molar-refractivity contribution is 0.150. The monoisotopic (exact) mass is 468 g/mol. The van der Waals surface area contributed by atoms with Gasteiger partial charge in [-0.05, 0) is 80.2 Å². The quantitative estimate of drug-likeness (QED) is 0.416. The summed E-state index contributed by atoms with van der Waals surface area (Å²) < 4.78 is 1.52. The molecule has 178 valence electrons. The predicted octanol–water partition coefficient (Wildman–Crippen LogP) is 3.56. The second kappa shape index (κ2) is 9.07. The lowest BCUT2D eigenvalue weighted by atomic mass is 9.95. The van der Waals surface area contributed by atoms with Gasteiger partial charge in [0.05, 0.1) is 23.7 Å². The maximum atomic E-state index is 10.0. The lowest BCUT2D eigenvalue weighted by Gasteiger charge is -2.17. The predicted molar refractivity (Wildman–Crippen MR) is 134 cm³/mol. The molecule has 0 saturated heterocycles. The average Bonchev–Trinajstić information content (AvgIpc) is 3.11. The molecule has 9 heteroatoms. The van der Waals surface area contributed by atoms with E-state index in [1.165, 1.54) is 10.2 Å². The number of aryl methyl sites for hydroxylation is 4. The minimum atomic E-state index is -0.243. The number of nitrogen functional groups attached to an aromatic ring is 1. The van der Waals surface area contributed by atoms with Crippen molar-refractivity contribution in [1.82, 2.24) is 29.9 Å². The van der Waals surface area contributed by atoms with E-state index in [1.807, 2.05) is 12.1 Å². The first-order chi connectivity index (χ1) is 17.1. The molecule has 0 bridgehead atoms. The maximum absolute atomic E-state index is 10.0. The topological polar surface area (TPSA) is 128 Å². The number of nitrogens with one attached hydrogen (secondary N) is 1. The number of nitrogens with zero attached hydrogens (tertiary/aromatic N) is 6. The first-order valence-electron chi connectivity index (χ1n) is 12.2. The van der Waals surface area contributed by atoms with E-state index in [0.29, 0.717) is 11.8 Å². The summed E-state index contributed by atoms with van der Waals surface area (Å²) in [5.74, 6) is 1.15. The summed E-state index contributed by atoms with van der Waals surface area (Å²) in [6.07, 6.45) is 8.77. The molecule has 0 amide bonds. The van der Waals surface area contributed by atoms with Gasteiger partial charge in [-0.25, -0.2) is 0 Å². The molecule has 4 N–H and O–H groups in total. The zero-order chi connectivity index (χ0) is 23.8. The average molecular weight is 469 g/mol. The molecule has 35 heavy (non-hydrogen) atoms. The number of aromatic nitrogens is 6. The molecule has 1 aromatic carbocycles. The van der Waals surface area contributed by atoms with Crippen molar-refractivity contribution in [2.24, 2.45) is 0 Å². The van der Waals surface area contributed by atoms with Gasteiger partial charge in [-0.2, -0.15) is 9.67 Å². The van der Waals surface area contributed by atoms with E-state index in [1.54, 1.807) is 6.20 Å². The Morgan fingerprint density at radius 3 is 2.77 bits per heavy atom. The van der Waals surface area contributed by atoms with Crippen LogP contribution in [0.3, 0.4) is 0 Å². The summed E-state index contributed by atoms with van der Waals surface area (Å²) in [5, 5.41) is 26.8. The van der Waals surface area contributed by atoms with Crippen LogP contribution in [-0.4, -0.2) is 41.2 Å². The van der Waals surface area contributed by atoms with Crippen LogP contribution in [0.1, 0.15) is 48.1 Å². The molecule has 0 spiro atoms. The van der Waals surface area contributed by atoms with E-state index in [9.17, 15) is 5.11 Å². The van der Waals surface area contributed by atoms with Gasteiger partial charge in [0, 0.05) is 11.3 Å². The number of fused-ring (bicyclic) bond motifs is 4. The van der Waals surface area contributed by atoms with Crippen molar-refractivity contribution in [3.8, 4) is 17.1 Å². The Kier molecular flexibility index (Phi) is 5.61. The number of aliphatic hydroxyl groups is 1. The first-order valence-corrected chi connectivity index (χ1v) is 12.2. The number of hydrogen-bond donors (Lipinski definition) is 3. The Hall–Kier alpha value is -3.85. The van der Waals surface area contributed by atoms with E-state index in [0.717, 1.165) is 85.1 Å². The molecule has 2 aliphatic rings. The van der Waals surface area contributed by atoms with Gasteiger partial charge in [0.1, 0.15) is 0 Å². The van der Waals surface area contributed by atoms with Crippen molar-refractivity contribution in [2.75, 3.05) is 11.1 Å². The van der Waals surface area contributed by atoms with Gasteiger partial charge in [0.25, 0.3) is 0 Å². The molecule has 6 rings (SSSR count). The van der Waals surface area contributed by atoms with Crippen LogP contribution in [0.2, 0.25) is 0 Å². The second-order valence-corrected chi connectivity index (χ2v) is 9.33. The number of anilines is 3. The molecule has 3 heterocycles. The fraction of sp³-hybridized carbons (Fsp3) is 0.346. The SMILES string of the molecule is Nc1nc(Nc2cnc3c(c2)CCC(O)CCC3)nn1-c1cc2c(nn1)-c1ccccc1CCC2. The number of rotatable bonds is 3. The van der Waals surface area contributed by atoms with Gasteiger partial charge < -0.3 is 16.2 Å². The highest BCUT2D eigenvalue weighted by Crippen LogP contribution is 2.31. The van der Waals surface area contributed by atoms with E-state index in [4.69, 9.17) is 5.73 Å². The van der Waals surface area contributed by atoms with Crippen molar-refractivity contribution < 1.29 is 5.11 Å². The highest BCUT2D eigenvalue weighted by Gasteiger charge is 2.19. The van der Waals surface area contributed by atoms with Gasteiger partial charge in [-0.15, -0.1) is 15.3 Å². The van der Waals surface area contributed by atoms with Crippen molar-refractivity contribution >= 4 is 17.6 Å². The van der Waals surface area contributed by atoms with E-state index < -0.39 is 0 Å². The molecular weight excluding hydrogens is 440 g/mol. The van der Waals surface area contributed by atoms with Gasteiger partial charge in [0.15, 0.2) is 5.82 Å². The van der Waals surface area contributed by atoms with Crippen LogP contribution in [0.4, 0.5) is 17.6 Å². The maximum Gasteiger partial charge on any atom is 0.248 e. The summed E-state index contributed by atoms with van der Waals surface area (Å²) >= 11 is 0. The van der Waals surface area contributed by atoms with Crippen molar-refractivity contribution in [2.45, 2.75) is 57.5 Å². The van der Waals surface area contributed by atoms with Crippen LogP contribution in [-0.2, 0) is 25.7 Å². The third kappa shape index (κ3) is 4.35. The van der Waals surface area contributed by atoms with Crippen LogP contribution in [0.25, 0.3) is 17.1 Å². The largest absolute Gasteiger partial charge is 0.393 e. The zero-order valence-corrected chi connectivity index (χ0v) is 19.5. The molecule has 2 aliphatic carbocycles. The van der Waals surface area contributed by atoms with E-state index in [-0.39, 0.29) is 12.1 Å². The van der Waals surface area contributed by atoms with E-state index in [2.05, 4.69) is 54.8 Å². The summed E-state index contributed by atoms with van der Waals surface area (Å²) in [5.41, 5.74) is 13.8. The third-order valence-corrected chi connectivity index (χ3v) is 6.89. The highest BCUT2D eigenvalue weighted by molar-refractivity contribution is 5.68. The molecule has 0 saturated carbocycles. The van der Waals surface area contributed by atoms with Gasteiger partial charge >= 0.3 is 0 Å². The molecule has 1 unspecified atom stereocenters. The Labute approximate surface area is 203 Å². The highest BCUT2D eigenvalue weighted by atomic mass is 16.3. The van der Waals surface area contributed by atoms with Crippen LogP contribution < -0.4 is 11.1 Å². The zero-order valence-electron chi connectivity index (χ0n) is 19.5. The molecule has 0 fully saturated rings. The summed E-state index contributed by atoms with van der Waals surface area (Å²) in [7, 11) is 0. The Balaban J connectivity index is 1.27. The second-order valence-electron chi connectivity index (χ2n) is 9.33. The van der Waals surface area contributed by atoms with Crippen LogP contribution >= 0.6 is 0 Å². The lowest BCUT2D eigenvalue weighted by Crippen LogP contribution is -2.13. The fourth-order valence-corrected chi connectivity index (χ4v) is 5.07. The molecule has 0 aliphatic heterocycles. The number of aliphatic hydroxyl groups excluding tert-OH is 1.